The van der Waals surface area contributed by atoms with Gasteiger partial charge in [-0.05, 0) is 55.5 Å². The van der Waals surface area contributed by atoms with Crippen LogP contribution < -0.4 is 10.0 Å². The van der Waals surface area contributed by atoms with E-state index in [2.05, 4.69) is 25.0 Å². The van der Waals surface area contributed by atoms with Gasteiger partial charge in [-0.2, -0.15) is 0 Å². The van der Waals surface area contributed by atoms with E-state index < -0.39 is 28.5 Å². The summed E-state index contributed by atoms with van der Waals surface area (Å²) in [6.07, 6.45) is 2.70. The van der Waals surface area contributed by atoms with E-state index in [1.807, 2.05) is 0 Å². The van der Waals surface area contributed by atoms with Gasteiger partial charge in [0.1, 0.15) is 5.52 Å². The number of aromatic nitrogens is 3. The van der Waals surface area contributed by atoms with Crippen molar-refractivity contribution in [3.63, 3.8) is 0 Å². The summed E-state index contributed by atoms with van der Waals surface area (Å²) < 4.78 is 37.4. The maximum absolute atomic E-state index is 12.5. The molecule has 2 aromatic heterocycles. The van der Waals surface area contributed by atoms with Crippen molar-refractivity contribution < 1.29 is 27.2 Å². The summed E-state index contributed by atoms with van der Waals surface area (Å²) in [5.41, 5.74) is 2.18. The highest BCUT2D eigenvalue weighted by Gasteiger charge is 2.16. The first kappa shape index (κ1) is 21.9. The van der Waals surface area contributed by atoms with Crippen LogP contribution in [0.25, 0.3) is 11.1 Å². The summed E-state index contributed by atoms with van der Waals surface area (Å²) in [7, 11) is -3.91. The lowest BCUT2D eigenvalue weighted by Gasteiger charge is -2.09. The number of sulfonamides is 1. The number of aryl methyl sites for hydroxylation is 1. The first-order valence-corrected chi connectivity index (χ1v) is 11.0. The first-order valence-electron chi connectivity index (χ1n) is 9.53. The molecule has 1 amide bonds. The molecule has 0 fully saturated rings. The van der Waals surface area contributed by atoms with E-state index in [1.165, 1.54) is 49.0 Å². The molecule has 12 heteroatoms. The summed E-state index contributed by atoms with van der Waals surface area (Å²) in [4.78, 5) is 36.0. The van der Waals surface area contributed by atoms with Crippen LogP contribution in [0.4, 0.5) is 11.6 Å². The van der Waals surface area contributed by atoms with E-state index in [0.29, 0.717) is 22.5 Å². The minimum Gasteiger partial charge on any atom is -0.452 e. The van der Waals surface area contributed by atoms with Gasteiger partial charge in [-0.3, -0.25) is 4.79 Å². The number of fused-ring (bicyclic) bond motifs is 1. The van der Waals surface area contributed by atoms with Crippen LogP contribution in [-0.4, -0.2) is 41.9 Å². The van der Waals surface area contributed by atoms with Crippen molar-refractivity contribution in [3.8, 4) is 0 Å². The van der Waals surface area contributed by atoms with Crippen molar-refractivity contribution >= 4 is 44.6 Å². The van der Waals surface area contributed by atoms with Crippen molar-refractivity contribution in [1.29, 1.82) is 0 Å². The van der Waals surface area contributed by atoms with Crippen LogP contribution >= 0.6 is 0 Å². The van der Waals surface area contributed by atoms with E-state index in [1.54, 1.807) is 19.1 Å². The Morgan fingerprint density at radius 2 is 1.85 bits per heavy atom. The molecule has 0 unspecified atom stereocenters. The average molecular weight is 467 g/mol. The van der Waals surface area contributed by atoms with Gasteiger partial charge in [0.15, 0.2) is 18.6 Å². The molecule has 0 atom stereocenters. The summed E-state index contributed by atoms with van der Waals surface area (Å²) in [6, 6.07) is 11.7. The number of hydrogen-bond donors (Lipinski definition) is 2. The number of nitrogens with one attached hydrogen (secondary N) is 2. The van der Waals surface area contributed by atoms with Crippen LogP contribution in [0.15, 0.2) is 70.4 Å². The van der Waals surface area contributed by atoms with Crippen LogP contribution in [0, 0.1) is 6.92 Å². The number of oxazole rings is 1. The van der Waals surface area contributed by atoms with Crippen molar-refractivity contribution in [2.24, 2.45) is 0 Å². The van der Waals surface area contributed by atoms with Gasteiger partial charge < -0.3 is 14.5 Å². The maximum Gasteiger partial charge on any atom is 0.338 e. The molecule has 0 bridgehead atoms. The molecule has 11 nitrogen and oxygen atoms in total. The Hall–Kier alpha value is -4.32. The summed E-state index contributed by atoms with van der Waals surface area (Å²) in [6.45, 7) is 1.19. The fraction of sp³-hybridized carbons (Fsp3) is 0.0952. The second kappa shape index (κ2) is 9.04. The molecule has 2 heterocycles. The first-order chi connectivity index (χ1) is 15.8. The number of esters is 1. The summed E-state index contributed by atoms with van der Waals surface area (Å²) >= 11 is 0. The number of nitrogens with zero attached hydrogens (tertiary/aromatic N) is 3. The van der Waals surface area contributed by atoms with Crippen LogP contribution in [0.1, 0.15) is 16.1 Å². The number of hydrogen-bond acceptors (Lipinski definition) is 9. The van der Waals surface area contributed by atoms with Gasteiger partial charge in [-0.15, -0.1) is 0 Å². The largest absolute Gasteiger partial charge is 0.452 e. The molecule has 168 valence electrons. The molecule has 0 aliphatic rings. The van der Waals surface area contributed by atoms with Gasteiger partial charge in [0, 0.05) is 17.6 Å². The molecule has 0 aliphatic heterocycles. The third-order valence-corrected chi connectivity index (χ3v) is 5.71. The molecule has 0 saturated heterocycles. The lowest BCUT2D eigenvalue weighted by atomic mass is 10.2. The SMILES string of the molecule is Cc1ccnc(NS(=O)(=O)c2ccc(NC(=O)COC(=O)c3ccc4ocnc4c3)cc2)n1. The van der Waals surface area contributed by atoms with Gasteiger partial charge in [0.05, 0.1) is 10.5 Å². The second-order valence-electron chi connectivity index (χ2n) is 6.81. The number of carbonyl (C=O) groups is 2. The van der Waals surface area contributed by atoms with E-state index in [4.69, 9.17) is 9.15 Å². The van der Waals surface area contributed by atoms with Crippen LogP contribution in [0.3, 0.4) is 0 Å². The molecule has 2 aromatic carbocycles. The normalized spacial score (nSPS) is 11.2. The third kappa shape index (κ3) is 5.30. The Morgan fingerprint density at radius 3 is 2.61 bits per heavy atom. The number of ether oxygens (including phenoxy) is 1. The number of carbonyl (C=O) groups excluding carboxylic acids is 2. The Morgan fingerprint density at radius 1 is 1.06 bits per heavy atom. The van der Waals surface area contributed by atoms with Crippen LogP contribution in [0.5, 0.6) is 0 Å². The molecule has 2 N–H and O–H groups in total. The zero-order valence-electron chi connectivity index (χ0n) is 17.2. The van der Waals surface area contributed by atoms with Gasteiger partial charge in [-0.25, -0.2) is 32.9 Å². The van der Waals surface area contributed by atoms with E-state index in [9.17, 15) is 18.0 Å². The van der Waals surface area contributed by atoms with E-state index >= 15 is 0 Å². The zero-order valence-corrected chi connectivity index (χ0v) is 18.0. The smallest absolute Gasteiger partial charge is 0.338 e. The maximum atomic E-state index is 12.5. The van der Waals surface area contributed by atoms with Gasteiger partial charge in [0.2, 0.25) is 5.95 Å². The van der Waals surface area contributed by atoms with Crippen molar-refractivity contribution in [3.05, 3.63) is 72.4 Å². The van der Waals surface area contributed by atoms with Crippen molar-refractivity contribution in [1.82, 2.24) is 15.0 Å². The van der Waals surface area contributed by atoms with E-state index in [-0.39, 0.29) is 16.4 Å². The molecule has 0 spiro atoms. The molecule has 0 aliphatic carbocycles. The lowest BCUT2D eigenvalue weighted by Crippen LogP contribution is -2.21. The number of anilines is 2. The highest BCUT2D eigenvalue weighted by Crippen LogP contribution is 2.17. The fourth-order valence-electron chi connectivity index (χ4n) is 2.79. The standard InChI is InChI=1S/C21H17N5O6S/c1-13-8-9-22-21(24-13)26-33(29,30)16-5-3-15(4-6-16)25-19(27)11-31-20(28)14-2-7-18-17(10-14)23-12-32-18/h2-10,12H,11H2,1H3,(H,25,27)(H,22,24,26). The van der Waals surface area contributed by atoms with E-state index in [0.717, 1.165) is 0 Å². The molecule has 33 heavy (non-hydrogen) atoms. The second-order valence-corrected chi connectivity index (χ2v) is 8.49. The quantitative estimate of drug-likeness (QED) is 0.390. The Balaban J connectivity index is 1.33. The highest BCUT2D eigenvalue weighted by atomic mass is 32.2. The highest BCUT2D eigenvalue weighted by molar-refractivity contribution is 7.92. The molecular weight excluding hydrogens is 450 g/mol. The number of benzene rings is 2. The monoisotopic (exact) mass is 467 g/mol. The van der Waals surface area contributed by atoms with Gasteiger partial charge in [0.25, 0.3) is 15.9 Å². The zero-order chi connectivity index (χ0) is 23.4. The fourth-order valence-corrected chi connectivity index (χ4v) is 3.74. The minimum atomic E-state index is -3.91. The van der Waals surface area contributed by atoms with Crippen LogP contribution in [0.2, 0.25) is 0 Å². The van der Waals surface area contributed by atoms with Crippen molar-refractivity contribution in [2.45, 2.75) is 11.8 Å². The number of rotatable bonds is 7. The molecular formula is C21H17N5O6S. The van der Waals surface area contributed by atoms with Crippen LogP contribution in [-0.2, 0) is 19.6 Å². The lowest BCUT2D eigenvalue weighted by molar-refractivity contribution is -0.119. The molecule has 0 saturated carbocycles. The molecule has 0 radical (unpaired) electrons. The predicted molar refractivity (Wildman–Crippen MR) is 117 cm³/mol. The topological polar surface area (TPSA) is 153 Å². The molecule has 4 rings (SSSR count). The van der Waals surface area contributed by atoms with Gasteiger partial charge >= 0.3 is 5.97 Å². The predicted octanol–water partition coefficient (Wildman–Crippen LogP) is 2.52. The molecule has 4 aromatic rings. The third-order valence-electron chi connectivity index (χ3n) is 4.37. The Kier molecular flexibility index (Phi) is 6.00. The van der Waals surface area contributed by atoms with Crippen molar-refractivity contribution in [2.75, 3.05) is 16.6 Å². The van der Waals surface area contributed by atoms with Gasteiger partial charge in [-0.1, -0.05) is 0 Å². The minimum absolute atomic E-state index is 0.0414. The Bertz CT molecular complexity index is 1430. The summed E-state index contributed by atoms with van der Waals surface area (Å²) in [5, 5.41) is 2.53. The summed E-state index contributed by atoms with van der Waals surface area (Å²) in [5.74, 6) is -1.33. The average Bonchev–Trinajstić information content (AvgIpc) is 3.25. The Labute approximate surface area is 187 Å². The number of amides is 1.